The Balaban J connectivity index is 1.34. The van der Waals surface area contributed by atoms with Gasteiger partial charge in [-0.3, -0.25) is 0 Å². The number of amides is 2. The first kappa shape index (κ1) is 16.7. The van der Waals surface area contributed by atoms with Crippen LogP contribution in [-0.2, 0) is 0 Å². The van der Waals surface area contributed by atoms with Crippen molar-refractivity contribution in [3.05, 3.63) is 54.3 Å². The smallest absolute Gasteiger partial charge is 0.321 e. The maximum atomic E-state index is 12.9. The van der Waals surface area contributed by atoms with Crippen LogP contribution < -0.4 is 5.32 Å². The van der Waals surface area contributed by atoms with Gasteiger partial charge in [0.25, 0.3) is 0 Å². The Bertz CT molecular complexity index is 1130. The lowest BCUT2D eigenvalue weighted by Crippen LogP contribution is -2.41. The normalized spacial score (nSPS) is 17.3. The van der Waals surface area contributed by atoms with E-state index < -0.39 is 0 Å². The van der Waals surface area contributed by atoms with E-state index >= 15 is 0 Å². The fourth-order valence-corrected chi connectivity index (χ4v) is 3.73. The van der Waals surface area contributed by atoms with Crippen molar-refractivity contribution < 1.29 is 9.21 Å². The van der Waals surface area contributed by atoms with Gasteiger partial charge in [-0.15, -0.1) is 0 Å². The molecule has 1 N–H and O–H groups in total. The number of anilines is 1. The Morgan fingerprint density at radius 2 is 2.11 bits per heavy atom. The first-order valence-electron chi connectivity index (χ1n) is 9.41. The van der Waals surface area contributed by atoms with Crippen LogP contribution in [0.3, 0.4) is 0 Å². The minimum atomic E-state index is -0.144. The molecule has 1 aromatic carbocycles. The second kappa shape index (κ2) is 6.63. The number of hydrogen-bond acceptors (Lipinski definition) is 5. The highest BCUT2D eigenvalue weighted by Gasteiger charge is 2.28. The van der Waals surface area contributed by atoms with Gasteiger partial charge in [-0.05, 0) is 44.0 Å². The van der Waals surface area contributed by atoms with Crippen LogP contribution in [0.1, 0.15) is 30.5 Å². The highest BCUT2D eigenvalue weighted by Crippen LogP contribution is 2.29. The van der Waals surface area contributed by atoms with E-state index in [1.165, 1.54) is 0 Å². The van der Waals surface area contributed by atoms with Crippen LogP contribution >= 0.6 is 0 Å². The molecular formula is C20H20N6O2. The minimum absolute atomic E-state index is 0.0954. The predicted molar refractivity (Wildman–Crippen MR) is 104 cm³/mol. The average Bonchev–Trinajstić information content (AvgIpc) is 3.31. The number of urea groups is 1. The van der Waals surface area contributed by atoms with Gasteiger partial charge in [0, 0.05) is 19.3 Å². The van der Waals surface area contributed by atoms with Crippen LogP contribution in [0, 0.1) is 6.92 Å². The number of para-hydroxylation sites is 2. The van der Waals surface area contributed by atoms with Crippen molar-refractivity contribution in [2.75, 3.05) is 18.4 Å². The molecule has 1 aliphatic heterocycles. The topological polar surface area (TPSA) is 88.6 Å². The Labute approximate surface area is 161 Å². The van der Waals surface area contributed by atoms with E-state index in [0.717, 1.165) is 23.9 Å². The largest absolute Gasteiger partial charge is 0.440 e. The zero-order chi connectivity index (χ0) is 19.1. The molecule has 142 valence electrons. The first-order valence-corrected chi connectivity index (χ1v) is 9.41. The van der Waals surface area contributed by atoms with Crippen LogP contribution in [-0.4, -0.2) is 43.6 Å². The molecule has 3 aromatic heterocycles. The molecule has 8 heteroatoms. The third-order valence-electron chi connectivity index (χ3n) is 5.08. The second-order valence-electron chi connectivity index (χ2n) is 7.08. The molecule has 1 aliphatic rings. The summed E-state index contributed by atoms with van der Waals surface area (Å²) in [5.74, 6) is 1.46. The number of benzene rings is 1. The molecule has 5 rings (SSSR count). The fraction of sp³-hybridized carbons (Fsp3) is 0.300. The van der Waals surface area contributed by atoms with Crippen molar-refractivity contribution in [1.29, 1.82) is 0 Å². The highest BCUT2D eigenvalue weighted by atomic mass is 16.3. The van der Waals surface area contributed by atoms with Gasteiger partial charge in [0.2, 0.25) is 0 Å². The summed E-state index contributed by atoms with van der Waals surface area (Å²) in [6.07, 6.45) is 3.68. The number of rotatable bonds is 2. The molecule has 0 bridgehead atoms. The van der Waals surface area contributed by atoms with E-state index in [-0.39, 0.29) is 11.9 Å². The van der Waals surface area contributed by atoms with Crippen molar-refractivity contribution in [3.63, 3.8) is 0 Å². The summed E-state index contributed by atoms with van der Waals surface area (Å²) in [4.78, 5) is 23.7. The number of hydrogen-bond donors (Lipinski definition) is 1. The number of piperidine rings is 1. The summed E-state index contributed by atoms with van der Waals surface area (Å²) >= 11 is 0. The van der Waals surface area contributed by atoms with Crippen molar-refractivity contribution in [1.82, 2.24) is 24.5 Å². The SMILES string of the molecule is Cc1nc2c(NC(=O)N3CCCC(c4nc5ccccc5o4)C3)cccn2n1. The van der Waals surface area contributed by atoms with Crippen molar-refractivity contribution >= 4 is 28.5 Å². The van der Waals surface area contributed by atoms with E-state index in [2.05, 4.69) is 20.4 Å². The summed E-state index contributed by atoms with van der Waals surface area (Å²) in [5, 5.41) is 7.27. The number of nitrogens with one attached hydrogen (secondary N) is 1. The average molecular weight is 376 g/mol. The second-order valence-corrected chi connectivity index (χ2v) is 7.08. The van der Waals surface area contributed by atoms with E-state index in [0.29, 0.717) is 36.1 Å². The summed E-state index contributed by atoms with van der Waals surface area (Å²) in [5.41, 5.74) is 2.93. The number of fused-ring (bicyclic) bond motifs is 2. The standard InChI is InChI=1S/C20H20N6O2/c1-13-21-18-16(8-5-11-26(18)24-13)23-20(27)25-10-4-6-14(12-25)19-22-15-7-2-3-9-17(15)28-19/h2-3,5,7-9,11,14H,4,6,10,12H2,1H3,(H,23,27). The molecule has 0 spiro atoms. The lowest BCUT2D eigenvalue weighted by atomic mass is 9.98. The number of nitrogens with zero attached hydrogens (tertiary/aromatic N) is 5. The molecule has 1 fully saturated rings. The lowest BCUT2D eigenvalue weighted by molar-refractivity contribution is 0.187. The molecule has 1 atom stereocenters. The Morgan fingerprint density at radius 3 is 3.00 bits per heavy atom. The van der Waals surface area contributed by atoms with Gasteiger partial charge in [0.15, 0.2) is 17.1 Å². The number of pyridine rings is 1. The van der Waals surface area contributed by atoms with Gasteiger partial charge in [-0.1, -0.05) is 12.1 Å². The van der Waals surface area contributed by atoms with Crippen molar-refractivity contribution in [3.8, 4) is 0 Å². The molecule has 1 saturated heterocycles. The van der Waals surface area contributed by atoms with Crippen LogP contribution in [0.2, 0.25) is 0 Å². The number of aryl methyl sites for hydroxylation is 1. The summed E-state index contributed by atoms with van der Waals surface area (Å²) in [6.45, 7) is 3.11. The molecule has 8 nitrogen and oxygen atoms in total. The van der Waals surface area contributed by atoms with Gasteiger partial charge >= 0.3 is 6.03 Å². The molecule has 0 saturated carbocycles. The molecule has 2 amide bonds. The lowest BCUT2D eigenvalue weighted by Gasteiger charge is -2.31. The molecule has 1 unspecified atom stereocenters. The van der Waals surface area contributed by atoms with Crippen molar-refractivity contribution in [2.24, 2.45) is 0 Å². The van der Waals surface area contributed by atoms with Gasteiger partial charge < -0.3 is 14.6 Å². The summed E-state index contributed by atoms with van der Waals surface area (Å²) in [7, 11) is 0. The summed E-state index contributed by atoms with van der Waals surface area (Å²) < 4.78 is 7.59. The van der Waals surface area contributed by atoms with E-state index in [4.69, 9.17) is 4.42 Å². The van der Waals surface area contributed by atoms with Gasteiger partial charge in [-0.25, -0.2) is 19.3 Å². The minimum Gasteiger partial charge on any atom is -0.440 e. The number of aromatic nitrogens is 4. The molecule has 4 heterocycles. The van der Waals surface area contributed by atoms with Crippen LogP contribution in [0.15, 0.2) is 47.0 Å². The van der Waals surface area contributed by atoms with Crippen molar-refractivity contribution in [2.45, 2.75) is 25.7 Å². The quantitative estimate of drug-likeness (QED) is 0.577. The first-order chi connectivity index (χ1) is 13.7. The third kappa shape index (κ3) is 2.96. The summed E-state index contributed by atoms with van der Waals surface area (Å²) in [6, 6.07) is 11.3. The van der Waals surface area contributed by atoms with Gasteiger partial charge in [0.05, 0.1) is 11.6 Å². The number of carbonyl (C=O) groups excluding carboxylic acids is 1. The van der Waals surface area contributed by atoms with E-state index in [9.17, 15) is 4.79 Å². The molecule has 0 radical (unpaired) electrons. The van der Waals surface area contributed by atoms with Crippen LogP contribution in [0.5, 0.6) is 0 Å². The Hall–Kier alpha value is -3.42. The molecular weight excluding hydrogens is 356 g/mol. The van der Waals surface area contributed by atoms with Crippen LogP contribution in [0.4, 0.5) is 10.5 Å². The van der Waals surface area contributed by atoms with Gasteiger partial charge in [-0.2, -0.15) is 5.10 Å². The number of likely N-dealkylation sites (tertiary alicyclic amines) is 1. The Kier molecular flexibility index (Phi) is 3.96. The van der Waals surface area contributed by atoms with E-state index in [1.807, 2.05) is 54.4 Å². The number of oxazole rings is 1. The van der Waals surface area contributed by atoms with Crippen LogP contribution in [0.25, 0.3) is 16.7 Å². The monoisotopic (exact) mass is 376 g/mol. The molecule has 28 heavy (non-hydrogen) atoms. The van der Waals surface area contributed by atoms with E-state index in [1.54, 1.807) is 4.52 Å². The van der Waals surface area contributed by atoms with Gasteiger partial charge in [0.1, 0.15) is 11.3 Å². The predicted octanol–water partition coefficient (Wildman–Crippen LogP) is 3.59. The fourth-order valence-electron chi connectivity index (χ4n) is 3.73. The number of carbonyl (C=O) groups is 1. The Morgan fingerprint density at radius 1 is 1.21 bits per heavy atom. The molecule has 4 aromatic rings. The molecule has 0 aliphatic carbocycles. The maximum absolute atomic E-state index is 12.9. The zero-order valence-corrected chi connectivity index (χ0v) is 15.5. The highest BCUT2D eigenvalue weighted by molar-refractivity contribution is 5.93. The maximum Gasteiger partial charge on any atom is 0.321 e. The zero-order valence-electron chi connectivity index (χ0n) is 15.5. The third-order valence-corrected chi connectivity index (χ3v) is 5.08.